The number of fused-ring (bicyclic) bond motifs is 1. The molecule has 3 heterocycles. The number of carbonyl (C=O) groups is 1. The van der Waals surface area contributed by atoms with E-state index in [2.05, 4.69) is 26.7 Å². The Morgan fingerprint density at radius 1 is 1.22 bits per heavy atom. The lowest BCUT2D eigenvalue weighted by atomic mass is 10.1. The number of hydrogen-bond acceptors (Lipinski definition) is 5. The number of likely N-dealkylation sites (tertiary alicyclic amines) is 1. The summed E-state index contributed by atoms with van der Waals surface area (Å²) in [7, 11) is 2.13. The van der Waals surface area contributed by atoms with Crippen LogP contribution in [0.2, 0.25) is 0 Å². The summed E-state index contributed by atoms with van der Waals surface area (Å²) >= 11 is 0. The van der Waals surface area contributed by atoms with Crippen molar-refractivity contribution in [2.45, 2.75) is 25.6 Å². The first-order valence-electron chi connectivity index (χ1n) is 9.60. The van der Waals surface area contributed by atoms with Gasteiger partial charge in [0.1, 0.15) is 5.69 Å². The van der Waals surface area contributed by atoms with Crippen molar-refractivity contribution in [2.24, 2.45) is 0 Å². The molecule has 2 saturated heterocycles. The van der Waals surface area contributed by atoms with Crippen LogP contribution in [0.1, 0.15) is 21.6 Å². The molecule has 27 heavy (non-hydrogen) atoms. The van der Waals surface area contributed by atoms with Gasteiger partial charge in [-0.3, -0.25) is 9.80 Å². The summed E-state index contributed by atoms with van der Waals surface area (Å²) in [5.74, 6) is -0.936. The highest BCUT2D eigenvalue weighted by Gasteiger charge is 2.37. The monoisotopic (exact) mass is 372 g/mol. The zero-order valence-corrected chi connectivity index (χ0v) is 16.0. The van der Waals surface area contributed by atoms with E-state index in [9.17, 15) is 15.0 Å². The third-order valence-electron chi connectivity index (χ3n) is 6.00. The average molecular weight is 372 g/mol. The third kappa shape index (κ3) is 3.60. The van der Waals surface area contributed by atoms with Gasteiger partial charge in [-0.25, -0.2) is 4.79 Å². The number of benzene rings is 1. The van der Waals surface area contributed by atoms with E-state index in [1.165, 1.54) is 0 Å². The second-order valence-corrected chi connectivity index (χ2v) is 8.00. The van der Waals surface area contributed by atoms with Crippen LogP contribution in [0, 0.1) is 6.92 Å². The van der Waals surface area contributed by atoms with E-state index in [-0.39, 0.29) is 11.7 Å². The Kier molecular flexibility index (Phi) is 4.94. The Hall–Kier alpha value is -1.93. The van der Waals surface area contributed by atoms with Crippen LogP contribution >= 0.6 is 0 Å². The van der Waals surface area contributed by atoms with E-state index >= 15 is 0 Å². The first-order chi connectivity index (χ1) is 12.9. The van der Waals surface area contributed by atoms with Crippen LogP contribution < -0.4 is 0 Å². The van der Waals surface area contributed by atoms with Crippen molar-refractivity contribution in [3.05, 3.63) is 35.0 Å². The number of carboxylic acids is 1. The minimum atomic E-state index is -0.936. The topological polar surface area (TPSA) is 83.0 Å². The van der Waals surface area contributed by atoms with Crippen LogP contribution in [-0.4, -0.2) is 94.3 Å². The van der Waals surface area contributed by atoms with Crippen LogP contribution in [0.15, 0.2) is 18.2 Å². The number of β-amino-alcohol motifs (C(OH)–C–C–N with tert-alkyl or cyclic N) is 1. The molecule has 2 atom stereocenters. The Morgan fingerprint density at radius 3 is 2.67 bits per heavy atom. The van der Waals surface area contributed by atoms with E-state index in [0.29, 0.717) is 13.1 Å². The molecule has 0 amide bonds. The molecule has 4 rings (SSSR count). The number of nitrogens with one attached hydrogen (secondary N) is 1. The first kappa shape index (κ1) is 18.4. The van der Waals surface area contributed by atoms with Crippen LogP contribution in [0.25, 0.3) is 10.9 Å². The number of rotatable bonds is 4. The fraction of sp³-hybridized carbons (Fsp3) is 0.550. The summed E-state index contributed by atoms with van der Waals surface area (Å²) in [6, 6.07) is 6.08. The van der Waals surface area contributed by atoms with Crippen molar-refractivity contribution in [3.8, 4) is 0 Å². The SMILES string of the molecule is Cc1ccc2[nH]c(C(=O)O)c(CN3C[C@@H](O)[C@H](N4CCN(C)CC4)C3)c2c1. The highest BCUT2D eigenvalue weighted by atomic mass is 16.4. The predicted molar refractivity (Wildman–Crippen MR) is 104 cm³/mol. The van der Waals surface area contributed by atoms with Gasteiger partial charge in [0.15, 0.2) is 0 Å². The van der Waals surface area contributed by atoms with Gasteiger partial charge in [-0.05, 0) is 26.1 Å². The van der Waals surface area contributed by atoms with Crippen LogP contribution in [-0.2, 0) is 6.54 Å². The maximum absolute atomic E-state index is 11.7. The molecule has 0 radical (unpaired) electrons. The molecule has 1 aromatic carbocycles. The second kappa shape index (κ2) is 7.24. The lowest BCUT2D eigenvalue weighted by Crippen LogP contribution is -2.52. The summed E-state index contributed by atoms with van der Waals surface area (Å²) in [5.41, 5.74) is 3.03. The Bertz CT molecular complexity index is 841. The first-order valence-corrected chi connectivity index (χ1v) is 9.60. The van der Waals surface area contributed by atoms with E-state index in [4.69, 9.17) is 0 Å². The average Bonchev–Trinajstić information content (AvgIpc) is 3.17. The van der Waals surface area contributed by atoms with Gasteiger partial charge in [-0.2, -0.15) is 0 Å². The van der Waals surface area contributed by atoms with E-state index < -0.39 is 12.1 Å². The number of aromatic nitrogens is 1. The van der Waals surface area contributed by atoms with Gasteiger partial charge in [-0.1, -0.05) is 11.6 Å². The van der Waals surface area contributed by atoms with Crippen molar-refractivity contribution in [1.29, 1.82) is 0 Å². The normalized spacial score (nSPS) is 25.4. The van der Waals surface area contributed by atoms with Gasteiger partial charge in [0, 0.05) is 68.3 Å². The number of aromatic amines is 1. The molecule has 7 nitrogen and oxygen atoms in total. The number of H-pyrrole nitrogens is 1. The summed E-state index contributed by atoms with van der Waals surface area (Å²) in [6.45, 7) is 7.88. The van der Waals surface area contributed by atoms with Crippen LogP contribution in [0.4, 0.5) is 0 Å². The maximum Gasteiger partial charge on any atom is 0.352 e. The zero-order chi connectivity index (χ0) is 19.1. The lowest BCUT2D eigenvalue weighted by Gasteiger charge is -2.37. The number of carboxylic acid groups (broad SMARTS) is 1. The smallest absolute Gasteiger partial charge is 0.352 e. The number of piperazine rings is 1. The largest absolute Gasteiger partial charge is 0.477 e. The summed E-state index contributed by atoms with van der Waals surface area (Å²) < 4.78 is 0. The minimum Gasteiger partial charge on any atom is -0.477 e. The highest BCUT2D eigenvalue weighted by Crippen LogP contribution is 2.27. The molecule has 3 N–H and O–H groups in total. The summed E-state index contributed by atoms with van der Waals surface area (Å²) in [4.78, 5) is 21.7. The van der Waals surface area contributed by atoms with E-state index in [1.807, 2.05) is 25.1 Å². The molecular formula is C20H28N4O3. The lowest BCUT2D eigenvalue weighted by molar-refractivity contribution is 0.0512. The fourth-order valence-electron chi connectivity index (χ4n) is 4.42. The molecular weight excluding hydrogens is 344 g/mol. The van der Waals surface area contributed by atoms with Crippen LogP contribution in [0.5, 0.6) is 0 Å². The molecule has 1 aromatic heterocycles. The van der Waals surface area contributed by atoms with Gasteiger partial charge >= 0.3 is 5.97 Å². The highest BCUT2D eigenvalue weighted by molar-refractivity contribution is 5.97. The summed E-state index contributed by atoms with van der Waals surface area (Å²) in [5, 5.41) is 21.2. The molecule has 0 aliphatic carbocycles. The van der Waals surface area contributed by atoms with Crippen molar-refractivity contribution in [2.75, 3.05) is 46.3 Å². The van der Waals surface area contributed by atoms with Crippen molar-refractivity contribution in [1.82, 2.24) is 19.7 Å². The molecule has 2 aromatic rings. The number of aromatic carboxylic acids is 1. The van der Waals surface area contributed by atoms with Gasteiger partial charge < -0.3 is 20.1 Å². The van der Waals surface area contributed by atoms with Gasteiger partial charge in [0.2, 0.25) is 0 Å². The van der Waals surface area contributed by atoms with Gasteiger partial charge in [-0.15, -0.1) is 0 Å². The Balaban J connectivity index is 1.55. The Labute approximate surface area is 159 Å². The van der Waals surface area contributed by atoms with E-state index in [0.717, 1.165) is 54.8 Å². The second-order valence-electron chi connectivity index (χ2n) is 8.00. The number of nitrogens with zero attached hydrogens (tertiary/aromatic N) is 3. The zero-order valence-electron chi connectivity index (χ0n) is 16.0. The summed E-state index contributed by atoms with van der Waals surface area (Å²) in [6.07, 6.45) is -0.395. The molecule has 0 spiro atoms. The molecule has 0 bridgehead atoms. The van der Waals surface area contributed by atoms with Gasteiger partial charge in [0.05, 0.1) is 6.10 Å². The number of aliphatic hydroxyl groups is 1. The number of aliphatic hydroxyl groups excluding tert-OH is 1. The predicted octanol–water partition coefficient (Wildman–Crippen LogP) is 0.967. The van der Waals surface area contributed by atoms with E-state index in [1.54, 1.807) is 0 Å². The van der Waals surface area contributed by atoms with Gasteiger partial charge in [0.25, 0.3) is 0 Å². The quantitative estimate of drug-likeness (QED) is 0.742. The third-order valence-corrected chi connectivity index (χ3v) is 6.00. The number of likely N-dealkylation sites (N-methyl/N-ethyl adjacent to an activating group) is 1. The molecule has 0 saturated carbocycles. The molecule has 2 aliphatic heterocycles. The van der Waals surface area contributed by atoms with Crippen molar-refractivity contribution < 1.29 is 15.0 Å². The molecule has 7 heteroatoms. The Morgan fingerprint density at radius 2 is 1.96 bits per heavy atom. The van der Waals surface area contributed by atoms with Crippen molar-refractivity contribution in [3.63, 3.8) is 0 Å². The molecule has 2 fully saturated rings. The number of aryl methyl sites for hydroxylation is 1. The number of hydrogen-bond donors (Lipinski definition) is 3. The molecule has 146 valence electrons. The molecule has 2 aliphatic rings. The standard InChI is InChI=1S/C20H28N4O3/c1-13-3-4-16-14(9-13)15(19(21-16)20(26)27)10-23-11-17(18(25)12-23)24-7-5-22(2)6-8-24/h3-4,9,17-18,21,25H,5-8,10-12H2,1-2H3,(H,26,27)/t17-,18-/m1/s1. The fourth-order valence-corrected chi connectivity index (χ4v) is 4.42. The maximum atomic E-state index is 11.7. The van der Waals surface area contributed by atoms with Crippen molar-refractivity contribution >= 4 is 16.9 Å². The molecule has 0 unspecified atom stereocenters. The van der Waals surface area contributed by atoms with Crippen LogP contribution in [0.3, 0.4) is 0 Å². The minimum absolute atomic E-state index is 0.124.